The number of hydrogen-bond acceptors (Lipinski definition) is 4. The Morgan fingerprint density at radius 3 is 2.73 bits per heavy atom. The molecule has 1 heterocycles. The minimum Gasteiger partial charge on any atom is -0.356 e. The summed E-state index contributed by atoms with van der Waals surface area (Å²) >= 11 is 1.57. The van der Waals surface area contributed by atoms with Gasteiger partial charge >= 0.3 is 0 Å². The van der Waals surface area contributed by atoms with Crippen LogP contribution in [0, 0.1) is 12.7 Å². The molecular formula is C16H17FN2O2S. The zero-order chi connectivity index (χ0) is 15.9. The first-order valence-electron chi connectivity index (χ1n) is 7.01. The zero-order valence-electron chi connectivity index (χ0n) is 12.3. The summed E-state index contributed by atoms with van der Waals surface area (Å²) in [6.07, 6.45) is 0.725. The number of aryl methyl sites for hydroxylation is 1. The van der Waals surface area contributed by atoms with Gasteiger partial charge in [-0.3, -0.25) is 9.59 Å². The topological polar surface area (TPSA) is 59.1 Å². The Labute approximate surface area is 132 Å². The molecule has 1 N–H and O–H groups in total. The SMILES string of the molecule is Cc1nc(CCNC(=O)CCC(=O)c2ccccc2F)cs1. The van der Waals surface area contributed by atoms with E-state index in [-0.39, 0.29) is 30.1 Å². The maximum Gasteiger partial charge on any atom is 0.220 e. The molecule has 116 valence electrons. The first-order valence-corrected chi connectivity index (χ1v) is 7.89. The number of Topliss-reactive ketones (excluding diaryl/α,β-unsaturated/α-hetero) is 1. The molecule has 0 aliphatic rings. The van der Waals surface area contributed by atoms with E-state index < -0.39 is 5.82 Å². The fraction of sp³-hybridized carbons (Fsp3) is 0.312. The van der Waals surface area contributed by atoms with E-state index >= 15 is 0 Å². The van der Waals surface area contributed by atoms with E-state index in [0.29, 0.717) is 13.0 Å². The lowest BCUT2D eigenvalue weighted by atomic mass is 10.1. The van der Waals surface area contributed by atoms with Crippen LogP contribution in [0.1, 0.15) is 33.9 Å². The second-order valence-corrected chi connectivity index (χ2v) is 5.92. The van der Waals surface area contributed by atoms with Gasteiger partial charge < -0.3 is 5.32 Å². The maximum atomic E-state index is 13.4. The van der Waals surface area contributed by atoms with Gasteiger partial charge in [-0.1, -0.05) is 12.1 Å². The van der Waals surface area contributed by atoms with Crippen LogP contribution in [0.15, 0.2) is 29.6 Å². The van der Waals surface area contributed by atoms with E-state index in [9.17, 15) is 14.0 Å². The molecule has 2 rings (SSSR count). The average Bonchev–Trinajstić information content (AvgIpc) is 2.91. The molecule has 0 aliphatic heterocycles. The Kier molecular flexibility index (Phi) is 5.77. The fourth-order valence-corrected chi connectivity index (χ4v) is 2.64. The zero-order valence-corrected chi connectivity index (χ0v) is 13.1. The van der Waals surface area contributed by atoms with E-state index in [1.807, 2.05) is 12.3 Å². The second kappa shape index (κ2) is 7.79. The molecule has 0 aliphatic carbocycles. The minimum atomic E-state index is -0.549. The van der Waals surface area contributed by atoms with Gasteiger partial charge in [0.25, 0.3) is 0 Å². The second-order valence-electron chi connectivity index (χ2n) is 4.86. The third-order valence-electron chi connectivity index (χ3n) is 3.12. The highest BCUT2D eigenvalue weighted by atomic mass is 32.1. The molecule has 0 fully saturated rings. The van der Waals surface area contributed by atoms with Crippen molar-refractivity contribution in [1.82, 2.24) is 10.3 Å². The van der Waals surface area contributed by atoms with Gasteiger partial charge in [0.1, 0.15) is 5.82 Å². The van der Waals surface area contributed by atoms with Crippen molar-refractivity contribution in [2.45, 2.75) is 26.2 Å². The van der Waals surface area contributed by atoms with Crippen molar-refractivity contribution in [2.24, 2.45) is 0 Å². The van der Waals surface area contributed by atoms with E-state index in [1.54, 1.807) is 17.4 Å². The molecule has 2 aromatic rings. The number of halogens is 1. The van der Waals surface area contributed by atoms with Crippen molar-refractivity contribution in [3.8, 4) is 0 Å². The summed E-state index contributed by atoms with van der Waals surface area (Å²) in [5.41, 5.74) is 0.985. The van der Waals surface area contributed by atoms with Crippen LogP contribution in [-0.2, 0) is 11.2 Å². The summed E-state index contributed by atoms with van der Waals surface area (Å²) in [6.45, 7) is 2.41. The lowest BCUT2D eigenvalue weighted by molar-refractivity contribution is -0.121. The van der Waals surface area contributed by atoms with Gasteiger partial charge in [0.15, 0.2) is 5.78 Å². The number of aromatic nitrogens is 1. The van der Waals surface area contributed by atoms with Crippen molar-refractivity contribution < 1.29 is 14.0 Å². The Morgan fingerprint density at radius 1 is 1.27 bits per heavy atom. The number of carbonyl (C=O) groups excluding carboxylic acids is 2. The summed E-state index contributed by atoms with van der Waals surface area (Å²) in [5, 5.41) is 5.70. The van der Waals surface area contributed by atoms with E-state index in [0.717, 1.165) is 10.7 Å². The van der Waals surface area contributed by atoms with Crippen LogP contribution in [0.2, 0.25) is 0 Å². The molecule has 0 saturated heterocycles. The van der Waals surface area contributed by atoms with Gasteiger partial charge in [0.05, 0.1) is 16.3 Å². The van der Waals surface area contributed by atoms with Crippen LogP contribution in [0.5, 0.6) is 0 Å². The summed E-state index contributed by atoms with van der Waals surface area (Å²) in [5.74, 6) is -1.12. The highest BCUT2D eigenvalue weighted by molar-refractivity contribution is 7.09. The van der Waals surface area contributed by atoms with Crippen molar-refractivity contribution in [2.75, 3.05) is 6.54 Å². The van der Waals surface area contributed by atoms with Crippen molar-refractivity contribution in [3.63, 3.8) is 0 Å². The number of rotatable bonds is 7. The molecule has 0 spiro atoms. The van der Waals surface area contributed by atoms with E-state index in [2.05, 4.69) is 10.3 Å². The Balaban J connectivity index is 1.71. The Bertz CT molecular complexity index is 670. The molecule has 4 nitrogen and oxygen atoms in total. The summed E-state index contributed by atoms with van der Waals surface area (Å²) in [7, 11) is 0. The number of benzene rings is 1. The van der Waals surface area contributed by atoms with Crippen molar-refractivity contribution in [3.05, 3.63) is 51.7 Å². The molecule has 1 aromatic carbocycles. The van der Waals surface area contributed by atoms with Gasteiger partial charge in [-0.15, -0.1) is 11.3 Å². The molecule has 0 radical (unpaired) electrons. The first kappa shape index (κ1) is 16.3. The maximum absolute atomic E-state index is 13.4. The van der Waals surface area contributed by atoms with E-state index in [1.165, 1.54) is 18.2 Å². The summed E-state index contributed by atoms with van der Waals surface area (Å²) in [6, 6.07) is 5.80. The third-order valence-corrected chi connectivity index (χ3v) is 3.95. The Morgan fingerprint density at radius 2 is 2.05 bits per heavy atom. The fourth-order valence-electron chi connectivity index (χ4n) is 1.99. The van der Waals surface area contributed by atoms with Crippen LogP contribution in [0.3, 0.4) is 0 Å². The number of thiazole rings is 1. The molecule has 0 unspecified atom stereocenters. The first-order chi connectivity index (χ1) is 10.6. The van der Waals surface area contributed by atoms with Gasteiger partial charge in [-0.25, -0.2) is 9.37 Å². The largest absolute Gasteiger partial charge is 0.356 e. The van der Waals surface area contributed by atoms with Crippen LogP contribution in [-0.4, -0.2) is 23.2 Å². The summed E-state index contributed by atoms with van der Waals surface area (Å²) in [4.78, 5) is 27.8. The molecule has 0 bridgehead atoms. The molecule has 0 saturated carbocycles. The summed E-state index contributed by atoms with van der Waals surface area (Å²) < 4.78 is 13.4. The molecule has 1 amide bonds. The minimum absolute atomic E-state index is 0.00256. The predicted octanol–water partition coefficient (Wildman–Crippen LogP) is 2.91. The third kappa shape index (κ3) is 4.73. The van der Waals surface area contributed by atoms with Gasteiger partial charge in [0, 0.05) is 31.2 Å². The predicted molar refractivity (Wildman–Crippen MR) is 83.5 cm³/mol. The van der Waals surface area contributed by atoms with Crippen LogP contribution in [0.25, 0.3) is 0 Å². The quantitative estimate of drug-likeness (QED) is 0.798. The number of ketones is 1. The van der Waals surface area contributed by atoms with Gasteiger partial charge in [-0.2, -0.15) is 0 Å². The lowest BCUT2D eigenvalue weighted by Crippen LogP contribution is -2.26. The van der Waals surface area contributed by atoms with Gasteiger partial charge in [0.2, 0.25) is 5.91 Å². The number of amides is 1. The highest BCUT2D eigenvalue weighted by Gasteiger charge is 2.12. The van der Waals surface area contributed by atoms with Crippen LogP contribution >= 0.6 is 11.3 Å². The van der Waals surface area contributed by atoms with Crippen LogP contribution in [0.4, 0.5) is 4.39 Å². The highest BCUT2D eigenvalue weighted by Crippen LogP contribution is 2.10. The van der Waals surface area contributed by atoms with Crippen LogP contribution < -0.4 is 5.32 Å². The number of nitrogens with zero attached hydrogens (tertiary/aromatic N) is 1. The normalized spacial score (nSPS) is 10.5. The monoisotopic (exact) mass is 320 g/mol. The lowest BCUT2D eigenvalue weighted by Gasteiger charge is -2.04. The number of carbonyl (C=O) groups is 2. The van der Waals surface area contributed by atoms with Crippen molar-refractivity contribution >= 4 is 23.0 Å². The van der Waals surface area contributed by atoms with E-state index in [4.69, 9.17) is 0 Å². The average molecular weight is 320 g/mol. The smallest absolute Gasteiger partial charge is 0.220 e. The molecule has 22 heavy (non-hydrogen) atoms. The number of nitrogens with one attached hydrogen (secondary N) is 1. The van der Waals surface area contributed by atoms with Crippen molar-refractivity contribution in [1.29, 1.82) is 0 Å². The number of hydrogen-bond donors (Lipinski definition) is 1. The molecule has 1 aromatic heterocycles. The molecule has 6 heteroatoms. The molecular weight excluding hydrogens is 303 g/mol. The Hall–Kier alpha value is -2.08. The van der Waals surface area contributed by atoms with Gasteiger partial charge in [-0.05, 0) is 19.1 Å². The molecule has 0 atom stereocenters. The standard InChI is InChI=1S/C16H17FN2O2S/c1-11-19-12(10-22-11)8-9-18-16(21)7-6-15(20)13-4-2-3-5-14(13)17/h2-5,10H,6-9H2,1H3,(H,18,21).